The first-order valence-corrected chi connectivity index (χ1v) is 10.7. The highest BCUT2D eigenvalue weighted by atomic mass is 35.5. The van der Waals surface area contributed by atoms with E-state index in [1.807, 2.05) is 29.2 Å². The molecule has 2 aromatic carbocycles. The van der Waals surface area contributed by atoms with Gasteiger partial charge in [0.15, 0.2) is 0 Å². The Kier molecular flexibility index (Phi) is 6.05. The second-order valence-corrected chi connectivity index (χ2v) is 8.20. The Morgan fingerprint density at radius 2 is 1.66 bits per heavy atom. The predicted octanol–water partition coefficient (Wildman–Crippen LogP) is 3.97. The maximum absolute atomic E-state index is 12.9. The summed E-state index contributed by atoms with van der Waals surface area (Å²) in [4.78, 5) is 29.6. The fourth-order valence-corrected chi connectivity index (χ4v) is 4.37. The van der Waals surface area contributed by atoms with Crippen molar-refractivity contribution in [3.05, 3.63) is 64.7 Å². The monoisotopic (exact) mass is 411 g/mol. The summed E-state index contributed by atoms with van der Waals surface area (Å²) in [5.41, 5.74) is 2.38. The molecule has 2 aliphatic heterocycles. The number of carbonyl (C=O) groups excluding carboxylic acids is 2. The van der Waals surface area contributed by atoms with Crippen LogP contribution in [0.25, 0.3) is 0 Å². The van der Waals surface area contributed by atoms with Crippen LogP contribution in [-0.2, 0) is 0 Å². The lowest BCUT2D eigenvalue weighted by atomic mass is 10.0. The van der Waals surface area contributed by atoms with Crippen molar-refractivity contribution in [2.24, 2.45) is 0 Å². The van der Waals surface area contributed by atoms with E-state index in [1.54, 1.807) is 24.3 Å². The molecule has 0 saturated carbocycles. The number of nitrogens with zero attached hydrogens (tertiary/aromatic N) is 2. The van der Waals surface area contributed by atoms with Gasteiger partial charge in [0.2, 0.25) is 0 Å². The van der Waals surface area contributed by atoms with Crippen molar-refractivity contribution in [1.82, 2.24) is 10.2 Å². The molecular weight excluding hydrogens is 386 g/mol. The van der Waals surface area contributed by atoms with Gasteiger partial charge in [0.05, 0.1) is 5.56 Å². The molecule has 29 heavy (non-hydrogen) atoms. The lowest BCUT2D eigenvalue weighted by Gasteiger charge is -2.35. The topological polar surface area (TPSA) is 52.7 Å². The minimum atomic E-state index is -0.0874. The Morgan fingerprint density at radius 3 is 2.38 bits per heavy atom. The van der Waals surface area contributed by atoms with Crippen molar-refractivity contribution in [2.75, 3.05) is 31.1 Å². The number of amides is 2. The molecule has 0 atom stereocenters. The van der Waals surface area contributed by atoms with Crippen LogP contribution in [0.3, 0.4) is 0 Å². The van der Waals surface area contributed by atoms with Crippen molar-refractivity contribution in [1.29, 1.82) is 0 Å². The summed E-state index contributed by atoms with van der Waals surface area (Å²) < 4.78 is 0. The normalized spacial score (nSPS) is 17.4. The van der Waals surface area contributed by atoms with Gasteiger partial charge >= 0.3 is 0 Å². The van der Waals surface area contributed by atoms with Crippen molar-refractivity contribution in [3.8, 4) is 0 Å². The van der Waals surface area contributed by atoms with Gasteiger partial charge < -0.3 is 15.1 Å². The van der Waals surface area contributed by atoms with Gasteiger partial charge in [-0.15, -0.1) is 0 Å². The van der Waals surface area contributed by atoms with Crippen LogP contribution in [0.4, 0.5) is 5.69 Å². The van der Waals surface area contributed by atoms with E-state index in [0.717, 1.165) is 63.1 Å². The average molecular weight is 412 g/mol. The van der Waals surface area contributed by atoms with Gasteiger partial charge in [0.25, 0.3) is 11.8 Å². The number of halogens is 1. The van der Waals surface area contributed by atoms with E-state index in [9.17, 15) is 9.59 Å². The van der Waals surface area contributed by atoms with E-state index in [1.165, 1.54) is 0 Å². The van der Waals surface area contributed by atoms with E-state index < -0.39 is 0 Å². The molecule has 0 aromatic heterocycles. The Hall–Kier alpha value is -2.53. The second kappa shape index (κ2) is 8.87. The van der Waals surface area contributed by atoms with Gasteiger partial charge in [-0.05, 0) is 56.0 Å². The van der Waals surface area contributed by atoms with E-state index in [-0.39, 0.29) is 17.9 Å². The number of hydrogen-bond donors (Lipinski definition) is 1. The number of nitrogens with one attached hydrogen (secondary N) is 1. The molecule has 0 aliphatic carbocycles. The lowest BCUT2D eigenvalue weighted by Crippen LogP contribution is -2.45. The number of benzene rings is 2. The number of piperidine rings is 1. The van der Waals surface area contributed by atoms with E-state index in [2.05, 4.69) is 10.2 Å². The van der Waals surface area contributed by atoms with Crippen LogP contribution in [-0.4, -0.2) is 48.9 Å². The molecule has 2 aromatic rings. The predicted molar refractivity (Wildman–Crippen MR) is 116 cm³/mol. The number of carbonyl (C=O) groups is 2. The van der Waals surface area contributed by atoms with Crippen molar-refractivity contribution in [3.63, 3.8) is 0 Å². The highest BCUT2D eigenvalue weighted by Crippen LogP contribution is 2.26. The number of likely N-dealkylation sites (tertiary alicyclic amines) is 1. The third-order valence-corrected chi connectivity index (χ3v) is 6.02. The molecule has 0 unspecified atom stereocenters. The van der Waals surface area contributed by atoms with Crippen molar-refractivity contribution >= 4 is 29.1 Å². The first kappa shape index (κ1) is 19.8. The summed E-state index contributed by atoms with van der Waals surface area (Å²) in [5, 5.41) is 3.68. The van der Waals surface area contributed by atoms with E-state index in [4.69, 9.17) is 11.6 Å². The average Bonchev–Trinajstić information content (AvgIpc) is 3.29. The van der Waals surface area contributed by atoms with Crippen LogP contribution in [0.15, 0.2) is 48.5 Å². The summed E-state index contributed by atoms with van der Waals surface area (Å²) in [5.74, 6) is 0.0463. The zero-order valence-corrected chi connectivity index (χ0v) is 17.2. The van der Waals surface area contributed by atoms with Gasteiger partial charge in [-0.1, -0.05) is 29.8 Å². The fraction of sp³-hybridized carbons (Fsp3) is 0.391. The van der Waals surface area contributed by atoms with Gasteiger partial charge in [-0.2, -0.15) is 0 Å². The quantitative estimate of drug-likeness (QED) is 0.828. The molecule has 0 radical (unpaired) electrons. The zero-order chi connectivity index (χ0) is 20.2. The van der Waals surface area contributed by atoms with Gasteiger partial charge in [0, 0.05) is 48.5 Å². The second-order valence-electron chi connectivity index (χ2n) is 7.76. The lowest BCUT2D eigenvalue weighted by molar-refractivity contribution is 0.0793. The number of hydrogen-bond acceptors (Lipinski definition) is 3. The van der Waals surface area contributed by atoms with Gasteiger partial charge in [-0.3, -0.25) is 9.59 Å². The minimum Gasteiger partial charge on any atom is -0.371 e. The summed E-state index contributed by atoms with van der Waals surface area (Å²) in [7, 11) is 0. The van der Waals surface area contributed by atoms with Crippen LogP contribution in [0.5, 0.6) is 0 Å². The molecule has 2 saturated heterocycles. The molecule has 6 heteroatoms. The van der Waals surface area contributed by atoms with E-state index >= 15 is 0 Å². The Balaban J connectivity index is 1.39. The van der Waals surface area contributed by atoms with Crippen LogP contribution in [0.2, 0.25) is 5.02 Å². The van der Waals surface area contributed by atoms with Gasteiger partial charge in [-0.25, -0.2) is 0 Å². The van der Waals surface area contributed by atoms with Crippen molar-refractivity contribution < 1.29 is 9.59 Å². The largest absolute Gasteiger partial charge is 0.371 e. The maximum Gasteiger partial charge on any atom is 0.255 e. The number of rotatable bonds is 4. The summed E-state index contributed by atoms with van der Waals surface area (Å²) >= 11 is 5.99. The van der Waals surface area contributed by atoms with Crippen molar-refractivity contribution in [2.45, 2.75) is 31.7 Å². The molecular formula is C23H26ClN3O2. The number of para-hydroxylation sites is 1. The third kappa shape index (κ3) is 4.56. The zero-order valence-electron chi connectivity index (χ0n) is 16.4. The van der Waals surface area contributed by atoms with Crippen LogP contribution in [0.1, 0.15) is 46.4 Å². The fourth-order valence-electron chi connectivity index (χ4n) is 4.18. The molecule has 4 rings (SSSR count). The van der Waals surface area contributed by atoms with Crippen LogP contribution < -0.4 is 10.2 Å². The smallest absolute Gasteiger partial charge is 0.255 e. The highest BCUT2D eigenvalue weighted by molar-refractivity contribution is 6.30. The van der Waals surface area contributed by atoms with Crippen LogP contribution in [0, 0.1) is 0 Å². The highest BCUT2D eigenvalue weighted by Gasteiger charge is 2.26. The first-order valence-electron chi connectivity index (χ1n) is 10.3. The Labute approximate surface area is 176 Å². The number of anilines is 1. The molecule has 2 amide bonds. The first-order chi connectivity index (χ1) is 14.1. The maximum atomic E-state index is 12.9. The third-order valence-electron chi connectivity index (χ3n) is 5.79. The molecule has 2 heterocycles. The Morgan fingerprint density at radius 1 is 0.931 bits per heavy atom. The summed E-state index contributed by atoms with van der Waals surface area (Å²) in [6.45, 7) is 3.32. The molecule has 0 spiro atoms. The summed E-state index contributed by atoms with van der Waals surface area (Å²) in [6, 6.07) is 15.0. The Bertz CT molecular complexity index is 887. The molecule has 1 N–H and O–H groups in total. The molecule has 5 nitrogen and oxygen atoms in total. The van der Waals surface area contributed by atoms with Crippen LogP contribution >= 0.6 is 11.6 Å². The van der Waals surface area contributed by atoms with Gasteiger partial charge in [0.1, 0.15) is 0 Å². The SMILES string of the molecule is O=C(NC1CCN(c2ccccc2C(=O)N2CCCC2)CC1)c1cccc(Cl)c1. The van der Waals surface area contributed by atoms with E-state index in [0.29, 0.717) is 10.6 Å². The molecule has 152 valence electrons. The molecule has 0 bridgehead atoms. The molecule has 2 fully saturated rings. The molecule has 2 aliphatic rings. The minimum absolute atomic E-state index is 0.0874. The summed E-state index contributed by atoms with van der Waals surface area (Å²) in [6.07, 6.45) is 3.87. The standard InChI is InChI=1S/C23H26ClN3O2/c24-18-7-5-6-17(16-18)22(28)25-19-10-14-26(15-11-19)21-9-2-1-8-20(21)23(29)27-12-3-4-13-27/h1-2,5-9,16,19H,3-4,10-15H2,(H,25,28).